The molecule has 0 aromatic heterocycles. The van der Waals surface area contributed by atoms with E-state index in [0.717, 1.165) is 52.2 Å². The van der Waals surface area contributed by atoms with Crippen LogP contribution in [0.1, 0.15) is 26.2 Å². The number of nitrogens with one attached hydrogen (secondary N) is 1. The highest BCUT2D eigenvalue weighted by Gasteiger charge is 2.23. The highest BCUT2D eigenvalue weighted by molar-refractivity contribution is 5.85. The van der Waals surface area contributed by atoms with E-state index >= 15 is 0 Å². The summed E-state index contributed by atoms with van der Waals surface area (Å²) >= 11 is 0. The molecule has 0 aromatic rings. The molecule has 0 radical (unpaired) electrons. The number of hydrogen-bond donors (Lipinski definition) is 1. The van der Waals surface area contributed by atoms with Gasteiger partial charge in [-0.2, -0.15) is 0 Å². The summed E-state index contributed by atoms with van der Waals surface area (Å²) in [4.78, 5) is 16.6. The molecule has 0 bridgehead atoms. The third kappa shape index (κ3) is 5.86. The second-order valence-electron chi connectivity index (χ2n) is 5.21. The first-order valence-electron chi connectivity index (χ1n) is 7.00. The summed E-state index contributed by atoms with van der Waals surface area (Å²) < 4.78 is 0. The zero-order valence-electron chi connectivity index (χ0n) is 11.8. The minimum atomic E-state index is 0. The Kier molecular flexibility index (Phi) is 9.79. The molecule has 2 saturated heterocycles. The van der Waals surface area contributed by atoms with Crippen LogP contribution < -0.4 is 5.32 Å². The van der Waals surface area contributed by atoms with Crippen molar-refractivity contribution in [3.8, 4) is 0 Å². The van der Waals surface area contributed by atoms with Gasteiger partial charge in [-0.05, 0) is 38.4 Å². The normalized spacial score (nSPS) is 21.4. The number of hydrogen-bond acceptors (Lipinski definition) is 3. The second-order valence-corrected chi connectivity index (χ2v) is 5.21. The summed E-state index contributed by atoms with van der Waals surface area (Å²) in [5.74, 6) is 1.00. The van der Waals surface area contributed by atoms with Crippen molar-refractivity contribution in [2.75, 3.05) is 45.8 Å². The number of carbonyl (C=O) groups is 1. The van der Waals surface area contributed by atoms with Crippen molar-refractivity contribution >= 4 is 30.7 Å². The van der Waals surface area contributed by atoms with Crippen molar-refractivity contribution in [3.63, 3.8) is 0 Å². The zero-order valence-corrected chi connectivity index (χ0v) is 13.4. The first kappa shape index (κ1) is 19.0. The Balaban J connectivity index is 0.00000162. The van der Waals surface area contributed by atoms with Gasteiger partial charge in [0, 0.05) is 32.6 Å². The van der Waals surface area contributed by atoms with E-state index in [2.05, 4.69) is 22.0 Å². The van der Waals surface area contributed by atoms with Crippen LogP contribution in [-0.4, -0.2) is 61.5 Å². The lowest BCUT2D eigenvalue weighted by Crippen LogP contribution is -2.49. The minimum absolute atomic E-state index is 0. The average molecular weight is 312 g/mol. The Labute approximate surface area is 129 Å². The van der Waals surface area contributed by atoms with E-state index in [1.54, 1.807) is 0 Å². The lowest BCUT2D eigenvalue weighted by atomic mass is 9.94. The van der Waals surface area contributed by atoms with E-state index in [1.807, 2.05) is 0 Å². The highest BCUT2D eigenvalue weighted by atomic mass is 35.5. The number of carbonyl (C=O) groups excluding carboxylic acids is 1. The molecule has 2 heterocycles. The third-order valence-electron chi connectivity index (χ3n) is 4.09. The summed E-state index contributed by atoms with van der Waals surface area (Å²) in [6.45, 7) is 9.42. The fourth-order valence-electron chi connectivity index (χ4n) is 2.78. The van der Waals surface area contributed by atoms with Crippen LogP contribution in [0.2, 0.25) is 0 Å². The number of likely N-dealkylation sites (N-methyl/N-ethyl adjacent to an activating group) is 1. The molecule has 0 aliphatic carbocycles. The largest absolute Gasteiger partial charge is 0.340 e. The maximum Gasteiger partial charge on any atom is 0.222 e. The van der Waals surface area contributed by atoms with Crippen LogP contribution in [0, 0.1) is 5.92 Å². The fraction of sp³-hybridized carbons (Fsp3) is 0.923. The van der Waals surface area contributed by atoms with E-state index in [-0.39, 0.29) is 24.8 Å². The van der Waals surface area contributed by atoms with Gasteiger partial charge in [-0.25, -0.2) is 0 Å². The number of piperazine rings is 1. The van der Waals surface area contributed by atoms with Crippen molar-refractivity contribution in [2.45, 2.75) is 26.2 Å². The van der Waals surface area contributed by atoms with E-state index in [4.69, 9.17) is 0 Å². The Hall–Kier alpha value is -0.0300. The number of amides is 1. The molecule has 114 valence electrons. The molecule has 19 heavy (non-hydrogen) atoms. The molecular weight excluding hydrogens is 285 g/mol. The fourth-order valence-corrected chi connectivity index (χ4v) is 2.78. The average Bonchev–Trinajstić information content (AvgIpc) is 2.40. The van der Waals surface area contributed by atoms with Gasteiger partial charge in [0.1, 0.15) is 0 Å². The smallest absolute Gasteiger partial charge is 0.222 e. The quantitative estimate of drug-likeness (QED) is 0.855. The maximum absolute atomic E-state index is 12.1. The Morgan fingerprint density at radius 1 is 1.11 bits per heavy atom. The first-order valence-corrected chi connectivity index (χ1v) is 7.00. The van der Waals surface area contributed by atoms with Crippen molar-refractivity contribution in [3.05, 3.63) is 0 Å². The second kappa shape index (κ2) is 9.81. The van der Waals surface area contributed by atoms with Gasteiger partial charge in [0.25, 0.3) is 0 Å². The Morgan fingerprint density at radius 2 is 1.68 bits per heavy atom. The molecule has 2 aliphatic rings. The van der Waals surface area contributed by atoms with Gasteiger partial charge >= 0.3 is 0 Å². The molecule has 1 amide bonds. The van der Waals surface area contributed by atoms with Crippen LogP contribution >= 0.6 is 24.8 Å². The lowest BCUT2D eigenvalue weighted by molar-refractivity contribution is -0.134. The summed E-state index contributed by atoms with van der Waals surface area (Å²) in [7, 11) is 0. The maximum atomic E-state index is 12.1. The van der Waals surface area contributed by atoms with E-state index < -0.39 is 0 Å². The summed E-state index contributed by atoms with van der Waals surface area (Å²) in [5.41, 5.74) is 0. The minimum Gasteiger partial charge on any atom is -0.340 e. The van der Waals surface area contributed by atoms with Crippen LogP contribution in [0.25, 0.3) is 0 Å². The monoisotopic (exact) mass is 311 g/mol. The SMILES string of the molecule is CCN1CCN(C(=O)CC2CCNCC2)CC1.Cl.Cl. The lowest BCUT2D eigenvalue weighted by Gasteiger charge is -2.35. The number of rotatable bonds is 3. The van der Waals surface area contributed by atoms with Crippen LogP contribution in [0.3, 0.4) is 0 Å². The third-order valence-corrected chi connectivity index (χ3v) is 4.09. The van der Waals surface area contributed by atoms with Crippen molar-refractivity contribution in [1.29, 1.82) is 0 Å². The standard InChI is InChI=1S/C13H25N3O.2ClH/c1-2-15-7-9-16(10-8-15)13(17)11-12-3-5-14-6-4-12;;/h12,14H,2-11H2,1H3;2*1H. The molecule has 1 N–H and O–H groups in total. The van der Waals surface area contributed by atoms with Crippen molar-refractivity contribution in [2.24, 2.45) is 5.92 Å². The van der Waals surface area contributed by atoms with E-state index in [0.29, 0.717) is 11.8 Å². The molecule has 4 nitrogen and oxygen atoms in total. The number of piperidine rings is 1. The van der Waals surface area contributed by atoms with E-state index in [1.165, 1.54) is 12.8 Å². The summed E-state index contributed by atoms with van der Waals surface area (Å²) in [6.07, 6.45) is 3.11. The van der Waals surface area contributed by atoms with Crippen LogP contribution in [0.4, 0.5) is 0 Å². The van der Waals surface area contributed by atoms with Crippen LogP contribution in [0.15, 0.2) is 0 Å². The van der Waals surface area contributed by atoms with E-state index in [9.17, 15) is 4.79 Å². The molecule has 0 atom stereocenters. The number of nitrogens with zero attached hydrogens (tertiary/aromatic N) is 2. The Morgan fingerprint density at radius 3 is 2.21 bits per heavy atom. The number of halogens is 2. The molecule has 0 saturated carbocycles. The van der Waals surface area contributed by atoms with Crippen molar-refractivity contribution < 1.29 is 4.79 Å². The van der Waals surface area contributed by atoms with Gasteiger partial charge in [-0.15, -0.1) is 24.8 Å². The van der Waals surface area contributed by atoms with Gasteiger partial charge in [0.05, 0.1) is 0 Å². The van der Waals surface area contributed by atoms with Crippen molar-refractivity contribution in [1.82, 2.24) is 15.1 Å². The molecule has 2 fully saturated rings. The van der Waals surface area contributed by atoms with Gasteiger partial charge < -0.3 is 15.1 Å². The highest BCUT2D eigenvalue weighted by Crippen LogP contribution is 2.17. The summed E-state index contributed by atoms with van der Waals surface area (Å²) in [6, 6.07) is 0. The zero-order chi connectivity index (χ0) is 12.1. The van der Waals surface area contributed by atoms with Gasteiger partial charge in [0.2, 0.25) is 5.91 Å². The molecule has 6 heteroatoms. The topological polar surface area (TPSA) is 35.6 Å². The molecule has 0 unspecified atom stereocenters. The summed E-state index contributed by atoms with van der Waals surface area (Å²) in [5, 5.41) is 3.35. The van der Waals surface area contributed by atoms with Gasteiger partial charge in [0.15, 0.2) is 0 Å². The molecular formula is C13H27Cl2N3O. The van der Waals surface area contributed by atoms with Gasteiger partial charge in [-0.3, -0.25) is 4.79 Å². The molecule has 2 aliphatic heterocycles. The first-order chi connectivity index (χ1) is 8.29. The van der Waals surface area contributed by atoms with Crippen LogP contribution in [-0.2, 0) is 4.79 Å². The Bertz CT molecular complexity index is 252. The predicted molar refractivity (Wildman–Crippen MR) is 83.4 cm³/mol. The predicted octanol–water partition coefficient (Wildman–Crippen LogP) is 1.38. The van der Waals surface area contributed by atoms with Crippen LogP contribution in [0.5, 0.6) is 0 Å². The van der Waals surface area contributed by atoms with Gasteiger partial charge in [-0.1, -0.05) is 6.92 Å². The molecule has 0 spiro atoms. The molecule has 2 rings (SSSR count). The molecule has 0 aromatic carbocycles.